The van der Waals surface area contributed by atoms with E-state index in [-0.39, 0.29) is 5.91 Å². The maximum atomic E-state index is 12.5. The van der Waals surface area contributed by atoms with E-state index in [1.165, 1.54) is 11.8 Å². The molecule has 0 atom stereocenters. The van der Waals surface area contributed by atoms with Crippen LogP contribution in [-0.4, -0.2) is 28.3 Å². The van der Waals surface area contributed by atoms with Crippen LogP contribution in [0, 0.1) is 6.92 Å². The summed E-state index contributed by atoms with van der Waals surface area (Å²) >= 11 is 7.63. The molecule has 3 rings (SSSR count). The molecule has 1 amide bonds. The third kappa shape index (κ3) is 3.89. The number of carbonyl (C=O) groups is 1. The maximum absolute atomic E-state index is 12.5. The zero-order valence-electron chi connectivity index (χ0n) is 14.0. The van der Waals surface area contributed by atoms with Crippen molar-refractivity contribution < 1.29 is 4.79 Å². The van der Waals surface area contributed by atoms with E-state index in [9.17, 15) is 4.79 Å². The van der Waals surface area contributed by atoms with Crippen LogP contribution in [0.4, 0.5) is 5.69 Å². The number of aromatic nitrogens is 2. The SMILES string of the molecule is Cc1c(Cl)cccc1-n1ccnc1SCC(=O)N(C)c1ccccc1. The molecule has 128 valence electrons. The van der Waals surface area contributed by atoms with Crippen molar-refractivity contribution in [1.29, 1.82) is 0 Å². The molecule has 0 aliphatic rings. The minimum absolute atomic E-state index is 0.0218. The van der Waals surface area contributed by atoms with Crippen LogP contribution in [0.3, 0.4) is 0 Å². The minimum Gasteiger partial charge on any atom is -0.315 e. The molecule has 2 aromatic carbocycles. The van der Waals surface area contributed by atoms with Crippen LogP contribution in [-0.2, 0) is 4.79 Å². The Morgan fingerprint density at radius 3 is 2.72 bits per heavy atom. The van der Waals surface area contributed by atoms with Gasteiger partial charge in [-0.25, -0.2) is 4.98 Å². The average molecular weight is 372 g/mol. The fraction of sp³-hybridized carbons (Fsp3) is 0.158. The molecule has 0 unspecified atom stereocenters. The number of amides is 1. The number of anilines is 1. The smallest absolute Gasteiger partial charge is 0.237 e. The summed E-state index contributed by atoms with van der Waals surface area (Å²) in [6.45, 7) is 1.97. The Kier molecular flexibility index (Phi) is 5.46. The number of halogens is 1. The Morgan fingerprint density at radius 2 is 1.96 bits per heavy atom. The van der Waals surface area contributed by atoms with Gasteiger partial charge in [-0.2, -0.15) is 0 Å². The summed E-state index contributed by atoms with van der Waals surface area (Å²) in [6.07, 6.45) is 3.61. The molecule has 0 fully saturated rings. The monoisotopic (exact) mass is 371 g/mol. The first-order valence-corrected chi connectivity index (χ1v) is 9.17. The molecular weight excluding hydrogens is 354 g/mol. The highest BCUT2D eigenvalue weighted by Gasteiger charge is 2.14. The van der Waals surface area contributed by atoms with E-state index in [4.69, 9.17) is 11.6 Å². The molecule has 0 bridgehead atoms. The van der Waals surface area contributed by atoms with Gasteiger partial charge in [0, 0.05) is 30.2 Å². The number of benzene rings is 2. The average Bonchev–Trinajstić information content (AvgIpc) is 3.10. The van der Waals surface area contributed by atoms with Crippen LogP contribution >= 0.6 is 23.4 Å². The topological polar surface area (TPSA) is 38.1 Å². The standard InChI is InChI=1S/C19H18ClN3OS/c1-14-16(20)9-6-10-17(14)23-12-11-21-19(23)25-13-18(24)22(2)15-7-4-3-5-8-15/h3-12H,13H2,1-2H3. The zero-order chi connectivity index (χ0) is 17.8. The molecule has 25 heavy (non-hydrogen) atoms. The number of hydrogen-bond acceptors (Lipinski definition) is 3. The molecule has 0 aliphatic carbocycles. The Bertz CT molecular complexity index is 879. The van der Waals surface area contributed by atoms with Gasteiger partial charge in [0.2, 0.25) is 5.91 Å². The fourth-order valence-corrected chi connectivity index (χ4v) is 3.51. The third-order valence-electron chi connectivity index (χ3n) is 3.95. The molecule has 1 heterocycles. The lowest BCUT2D eigenvalue weighted by Gasteiger charge is -2.17. The van der Waals surface area contributed by atoms with E-state index >= 15 is 0 Å². The van der Waals surface area contributed by atoms with Crippen molar-refractivity contribution in [2.75, 3.05) is 17.7 Å². The second kappa shape index (κ2) is 7.76. The van der Waals surface area contributed by atoms with Crippen molar-refractivity contribution in [2.45, 2.75) is 12.1 Å². The van der Waals surface area contributed by atoms with Gasteiger partial charge >= 0.3 is 0 Å². The summed E-state index contributed by atoms with van der Waals surface area (Å²) in [5.74, 6) is 0.329. The fourth-order valence-electron chi connectivity index (χ4n) is 2.46. The van der Waals surface area contributed by atoms with Crippen molar-refractivity contribution >= 4 is 35.0 Å². The first kappa shape index (κ1) is 17.6. The van der Waals surface area contributed by atoms with Crippen LogP contribution in [0.2, 0.25) is 5.02 Å². The van der Waals surface area contributed by atoms with Crippen LogP contribution in [0.15, 0.2) is 66.1 Å². The van der Waals surface area contributed by atoms with Gasteiger partial charge < -0.3 is 4.90 Å². The van der Waals surface area contributed by atoms with Crippen LogP contribution in [0.5, 0.6) is 0 Å². The van der Waals surface area contributed by atoms with E-state index in [1.807, 2.05) is 66.2 Å². The Balaban J connectivity index is 1.74. The van der Waals surface area contributed by atoms with Gasteiger partial charge in [0.25, 0.3) is 0 Å². The second-order valence-electron chi connectivity index (χ2n) is 5.54. The summed E-state index contributed by atoms with van der Waals surface area (Å²) in [5, 5.41) is 1.47. The van der Waals surface area contributed by atoms with Crippen molar-refractivity contribution in [3.05, 3.63) is 71.5 Å². The second-order valence-corrected chi connectivity index (χ2v) is 6.89. The van der Waals surface area contributed by atoms with E-state index in [1.54, 1.807) is 18.1 Å². The van der Waals surface area contributed by atoms with Crippen LogP contribution in [0.25, 0.3) is 5.69 Å². The summed E-state index contributed by atoms with van der Waals surface area (Å²) in [6, 6.07) is 15.4. The number of hydrogen-bond donors (Lipinski definition) is 0. The Hall–Kier alpha value is -2.24. The predicted molar refractivity (Wildman–Crippen MR) is 104 cm³/mol. The maximum Gasteiger partial charge on any atom is 0.237 e. The van der Waals surface area contributed by atoms with Gasteiger partial charge in [-0.1, -0.05) is 47.6 Å². The lowest BCUT2D eigenvalue weighted by atomic mass is 10.2. The lowest BCUT2D eigenvalue weighted by molar-refractivity contribution is -0.115. The molecule has 0 saturated carbocycles. The molecule has 0 saturated heterocycles. The van der Waals surface area contributed by atoms with Crippen molar-refractivity contribution in [3.8, 4) is 5.69 Å². The van der Waals surface area contributed by atoms with Crippen molar-refractivity contribution in [2.24, 2.45) is 0 Å². The molecule has 1 aromatic heterocycles. The van der Waals surface area contributed by atoms with E-state index in [0.29, 0.717) is 10.8 Å². The van der Waals surface area contributed by atoms with E-state index < -0.39 is 0 Å². The van der Waals surface area contributed by atoms with Gasteiger partial charge in [-0.3, -0.25) is 9.36 Å². The number of thioether (sulfide) groups is 1. The third-order valence-corrected chi connectivity index (χ3v) is 5.31. The van der Waals surface area contributed by atoms with Gasteiger partial charge in [-0.15, -0.1) is 0 Å². The number of imidazole rings is 1. The molecule has 0 N–H and O–H groups in total. The highest BCUT2D eigenvalue weighted by atomic mass is 35.5. The molecule has 6 heteroatoms. The van der Waals surface area contributed by atoms with E-state index in [2.05, 4.69) is 4.98 Å². The molecule has 3 aromatic rings. The van der Waals surface area contributed by atoms with Gasteiger partial charge in [0.15, 0.2) is 5.16 Å². The first-order chi connectivity index (χ1) is 12.1. The predicted octanol–water partition coefficient (Wildman–Crippen LogP) is 4.59. The number of rotatable bonds is 5. The van der Waals surface area contributed by atoms with Crippen LogP contribution < -0.4 is 4.90 Å². The Morgan fingerprint density at radius 1 is 1.20 bits per heavy atom. The molecule has 0 radical (unpaired) electrons. The zero-order valence-corrected chi connectivity index (χ0v) is 15.6. The lowest BCUT2D eigenvalue weighted by Crippen LogP contribution is -2.27. The first-order valence-electron chi connectivity index (χ1n) is 7.81. The van der Waals surface area contributed by atoms with Crippen molar-refractivity contribution in [1.82, 2.24) is 9.55 Å². The summed E-state index contributed by atoms with van der Waals surface area (Å²) < 4.78 is 1.96. The molecular formula is C19H18ClN3OS. The highest BCUT2D eigenvalue weighted by molar-refractivity contribution is 7.99. The van der Waals surface area contributed by atoms with E-state index in [0.717, 1.165) is 22.1 Å². The highest BCUT2D eigenvalue weighted by Crippen LogP contribution is 2.27. The summed E-state index contributed by atoms with van der Waals surface area (Å²) in [4.78, 5) is 18.5. The van der Waals surface area contributed by atoms with Gasteiger partial charge in [0.05, 0.1) is 11.4 Å². The van der Waals surface area contributed by atoms with Gasteiger partial charge in [-0.05, 0) is 36.8 Å². The number of carbonyl (C=O) groups excluding carboxylic acids is 1. The quantitative estimate of drug-likeness (QED) is 0.616. The van der Waals surface area contributed by atoms with Crippen LogP contribution in [0.1, 0.15) is 5.56 Å². The number of nitrogens with zero attached hydrogens (tertiary/aromatic N) is 3. The number of para-hydroxylation sites is 1. The molecule has 0 spiro atoms. The van der Waals surface area contributed by atoms with Gasteiger partial charge in [0.1, 0.15) is 0 Å². The van der Waals surface area contributed by atoms with Crippen molar-refractivity contribution in [3.63, 3.8) is 0 Å². The normalized spacial score (nSPS) is 10.7. The summed E-state index contributed by atoms with van der Waals surface area (Å²) in [7, 11) is 1.78. The molecule has 4 nitrogen and oxygen atoms in total. The summed E-state index contributed by atoms with van der Waals surface area (Å²) in [5.41, 5.74) is 2.83. The molecule has 0 aliphatic heterocycles. The minimum atomic E-state index is 0.0218. The Labute approximate surface area is 156 Å². The largest absolute Gasteiger partial charge is 0.315 e.